The standard InChI is InChI=1S/C22H24N6O4S/c1-15-18-20(26-10-12-32-13-11-26)23-14-24-21(18)33-19(15)22(29)27-8-6-25(7-9-27)16-2-4-17(5-3-16)28(30)31/h2-5,14H,6-13H2,1H3. The number of nitro groups is 1. The van der Waals surface area contributed by atoms with Crippen molar-refractivity contribution in [1.29, 1.82) is 0 Å². The van der Waals surface area contributed by atoms with Crippen LogP contribution >= 0.6 is 11.3 Å². The van der Waals surface area contributed by atoms with E-state index in [2.05, 4.69) is 19.8 Å². The Morgan fingerprint density at radius 3 is 2.39 bits per heavy atom. The number of nitro benzene ring substituents is 1. The van der Waals surface area contributed by atoms with Crippen LogP contribution in [0.25, 0.3) is 10.2 Å². The molecule has 4 heterocycles. The zero-order valence-corrected chi connectivity index (χ0v) is 19.1. The molecular weight excluding hydrogens is 444 g/mol. The Balaban J connectivity index is 1.32. The molecule has 0 aliphatic carbocycles. The van der Waals surface area contributed by atoms with Gasteiger partial charge in [0.2, 0.25) is 0 Å². The van der Waals surface area contributed by atoms with Crippen LogP contribution in [-0.4, -0.2) is 78.2 Å². The molecule has 10 nitrogen and oxygen atoms in total. The fourth-order valence-corrected chi connectivity index (χ4v) is 5.48. The third-order valence-electron chi connectivity index (χ3n) is 6.20. The minimum Gasteiger partial charge on any atom is -0.378 e. The van der Waals surface area contributed by atoms with Crippen molar-refractivity contribution < 1.29 is 14.5 Å². The number of carbonyl (C=O) groups excluding carboxylic acids is 1. The molecule has 0 atom stereocenters. The van der Waals surface area contributed by atoms with E-state index in [1.54, 1.807) is 18.5 Å². The molecule has 2 aromatic heterocycles. The van der Waals surface area contributed by atoms with Gasteiger partial charge in [0.15, 0.2) is 0 Å². The number of aryl methyl sites for hydroxylation is 1. The summed E-state index contributed by atoms with van der Waals surface area (Å²) in [6.45, 7) is 7.38. The lowest BCUT2D eigenvalue weighted by Gasteiger charge is -2.36. The van der Waals surface area contributed by atoms with Crippen LogP contribution in [0.4, 0.5) is 17.2 Å². The minimum absolute atomic E-state index is 0.0202. The maximum atomic E-state index is 13.4. The van der Waals surface area contributed by atoms with Crippen LogP contribution in [0.5, 0.6) is 0 Å². The molecular formula is C22H24N6O4S. The number of ether oxygens (including phenoxy) is 1. The first-order chi connectivity index (χ1) is 16.0. The first kappa shape index (κ1) is 21.5. The van der Waals surface area contributed by atoms with Gasteiger partial charge in [-0.25, -0.2) is 9.97 Å². The second-order valence-electron chi connectivity index (χ2n) is 8.09. The Labute approximate surface area is 194 Å². The molecule has 0 unspecified atom stereocenters. The first-order valence-corrected chi connectivity index (χ1v) is 11.7. The Kier molecular flexibility index (Phi) is 5.81. The van der Waals surface area contributed by atoms with Crippen LogP contribution in [0.1, 0.15) is 15.2 Å². The third kappa shape index (κ3) is 4.09. The van der Waals surface area contributed by atoms with E-state index in [0.717, 1.165) is 40.4 Å². The summed E-state index contributed by atoms with van der Waals surface area (Å²) in [4.78, 5) is 40.6. The quantitative estimate of drug-likeness (QED) is 0.425. The van der Waals surface area contributed by atoms with Crippen molar-refractivity contribution in [2.75, 3.05) is 62.3 Å². The van der Waals surface area contributed by atoms with Gasteiger partial charge in [-0.05, 0) is 24.6 Å². The number of anilines is 2. The molecule has 0 bridgehead atoms. The van der Waals surface area contributed by atoms with Crippen molar-refractivity contribution in [3.05, 3.63) is 51.1 Å². The lowest BCUT2D eigenvalue weighted by Crippen LogP contribution is -2.48. The van der Waals surface area contributed by atoms with Gasteiger partial charge in [-0.3, -0.25) is 14.9 Å². The van der Waals surface area contributed by atoms with Gasteiger partial charge >= 0.3 is 0 Å². The van der Waals surface area contributed by atoms with Gasteiger partial charge in [0, 0.05) is 57.1 Å². The highest BCUT2D eigenvalue weighted by Gasteiger charge is 2.28. The summed E-state index contributed by atoms with van der Waals surface area (Å²) in [7, 11) is 0. The van der Waals surface area contributed by atoms with Crippen molar-refractivity contribution in [2.24, 2.45) is 0 Å². The predicted molar refractivity (Wildman–Crippen MR) is 126 cm³/mol. The summed E-state index contributed by atoms with van der Waals surface area (Å²) in [6, 6.07) is 6.55. The number of hydrogen-bond donors (Lipinski definition) is 0. The summed E-state index contributed by atoms with van der Waals surface area (Å²) in [5.41, 5.74) is 1.93. The molecule has 5 rings (SSSR count). The first-order valence-electron chi connectivity index (χ1n) is 10.9. The largest absolute Gasteiger partial charge is 0.378 e. The number of thiophene rings is 1. The molecule has 0 spiro atoms. The minimum atomic E-state index is -0.400. The number of nitrogens with zero attached hydrogens (tertiary/aromatic N) is 6. The van der Waals surface area contributed by atoms with Gasteiger partial charge in [-0.2, -0.15) is 0 Å². The summed E-state index contributed by atoms with van der Waals surface area (Å²) in [5, 5.41) is 11.8. The summed E-state index contributed by atoms with van der Waals surface area (Å²) < 4.78 is 5.47. The van der Waals surface area contributed by atoms with Crippen LogP contribution in [0.3, 0.4) is 0 Å². The molecule has 2 aliphatic rings. The number of amides is 1. The third-order valence-corrected chi connectivity index (χ3v) is 7.39. The van der Waals surface area contributed by atoms with Crippen molar-refractivity contribution in [3.8, 4) is 0 Å². The smallest absolute Gasteiger partial charge is 0.269 e. The number of fused-ring (bicyclic) bond motifs is 1. The van der Waals surface area contributed by atoms with Crippen LogP contribution < -0.4 is 9.80 Å². The molecule has 0 radical (unpaired) electrons. The highest BCUT2D eigenvalue weighted by Crippen LogP contribution is 2.36. The second-order valence-corrected chi connectivity index (χ2v) is 9.08. The van der Waals surface area contributed by atoms with E-state index < -0.39 is 4.92 Å². The van der Waals surface area contributed by atoms with Crippen LogP contribution in [-0.2, 0) is 4.74 Å². The number of rotatable bonds is 4. The van der Waals surface area contributed by atoms with Gasteiger partial charge in [0.05, 0.1) is 28.4 Å². The van der Waals surface area contributed by atoms with Gasteiger partial charge in [0.25, 0.3) is 11.6 Å². The molecule has 1 amide bonds. The SMILES string of the molecule is Cc1c(C(=O)N2CCN(c3ccc([N+](=O)[O-])cc3)CC2)sc2ncnc(N3CCOCC3)c12. The van der Waals surface area contributed by atoms with Crippen molar-refractivity contribution in [1.82, 2.24) is 14.9 Å². The molecule has 1 aromatic carbocycles. The molecule has 2 saturated heterocycles. The van der Waals surface area contributed by atoms with Gasteiger partial charge < -0.3 is 19.4 Å². The molecule has 0 saturated carbocycles. The number of morpholine rings is 1. The fraction of sp³-hybridized carbons (Fsp3) is 0.409. The number of carbonyl (C=O) groups is 1. The number of benzene rings is 1. The second kappa shape index (κ2) is 8.91. The number of aromatic nitrogens is 2. The highest BCUT2D eigenvalue weighted by atomic mass is 32.1. The van der Waals surface area contributed by atoms with Crippen LogP contribution in [0, 0.1) is 17.0 Å². The molecule has 172 valence electrons. The van der Waals surface area contributed by atoms with E-state index in [1.807, 2.05) is 11.8 Å². The zero-order valence-electron chi connectivity index (χ0n) is 18.3. The monoisotopic (exact) mass is 468 g/mol. The Hall–Kier alpha value is -3.31. The van der Waals surface area contributed by atoms with Crippen molar-refractivity contribution in [3.63, 3.8) is 0 Å². The lowest BCUT2D eigenvalue weighted by atomic mass is 10.1. The maximum absolute atomic E-state index is 13.4. The summed E-state index contributed by atoms with van der Waals surface area (Å²) in [5.74, 6) is 0.894. The molecule has 33 heavy (non-hydrogen) atoms. The van der Waals surface area contributed by atoms with E-state index >= 15 is 0 Å². The van der Waals surface area contributed by atoms with Crippen LogP contribution in [0.2, 0.25) is 0 Å². The van der Waals surface area contributed by atoms with Gasteiger partial charge in [0.1, 0.15) is 17.0 Å². The Morgan fingerprint density at radius 2 is 1.73 bits per heavy atom. The summed E-state index contributed by atoms with van der Waals surface area (Å²) >= 11 is 1.43. The van der Waals surface area contributed by atoms with E-state index in [9.17, 15) is 14.9 Å². The maximum Gasteiger partial charge on any atom is 0.269 e. The molecule has 2 aliphatic heterocycles. The number of hydrogen-bond acceptors (Lipinski definition) is 9. The van der Waals surface area contributed by atoms with E-state index in [1.165, 1.54) is 23.5 Å². The van der Waals surface area contributed by atoms with Crippen molar-refractivity contribution in [2.45, 2.75) is 6.92 Å². The average Bonchev–Trinajstić information content (AvgIpc) is 3.21. The van der Waals surface area contributed by atoms with E-state index in [0.29, 0.717) is 44.3 Å². The number of non-ortho nitro benzene ring substituents is 1. The van der Waals surface area contributed by atoms with Gasteiger partial charge in [-0.15, -0.1) is 11.3 Å². The fourth-order valence-electron chi connectivity index (χ4n) is 4.37. The predicted octanol–water partition coefficient (Wildman–Crippen LogP) is 2.71. The molecule has 2 fully saturated rings. The Bertz CT molecular complexity index is 1180. The van der Waals surface area contributed by atoms with Crippen LogP contribution in [0.15, 0.2) is 30.6 Å². The summed E-state index contributed by atoms with van der Waals surface area (Å²) in [6.07, 6.45) is 1.57. The van der Waals surface area contributed by atoms with Gasteiger partial charge in [-0.1, -0.05) is 0 Å². The zero-order chi connectivity index (χ0) is 22.9. The average molecular weight is 469 g/mol. The molecule has 11 heteroatoms. The van der Waals surface area contributed by atoms with E-state index in [4.69, 9.17) is 4.74 Å². The number of piperazine rings is 1. The molecule has 0 N–H and O–H groups in total. The lowest BCUT2D eigenvalue weighted by molar-refractivity contribution is -0.384. The normalized spacial score (nSPS) is 16.9. The Morgan fingerprint density at radius 1 is 1.03 bits per heavy atom. The highest BCUT2D eigenvalue weighted by molar-refractivity contribution is 7.20. The molecule has 3 aromatic rings. The topological polar surface area (TPSA) is 105 Å². The van der Waals surface area contributed by atoms with E-state index in [-0.39, 0.29) is 11.6 Å². The van der Waals surface area contributed by atoms with Crippen molar-refractivity contribution >= 4 is 44.7 Å².